The van der Waals surface area contributed by atoms with Gasteiger partial charge in [-0.25, -0.2) is 0 Å². The number of rotatable bonds is 5. The molecule has 0 saturated carbocycles. The van der Waals surface area contributed by atoms with Crippen LogP contribution in [0.15, 0.2) is 0 Å². The molecule has 1 nitrogen and oxygen atoms in total. The molecule has 0 amide bonds. The van der Waals surface area contributed by atoms with Crippen LogP contribution >= 0.6 is 15.9 Å². The Hall–Kier alpha value is 0.440. The van der Waals surface area contributed by atoms with E-state index in [1.165, 1.54) is 25.7 Å². The zero-order chi connectivity index (χ0) is 7.40. The molecular formula is C8H15BrO. The summed E-state index contributed by atoms with van der Waals surface area (Å²) in [6.07, 6.45) is 6.40. The van der Waals surface area contributed by atoms with Gasteiger partial charge in [0.05, 0.1) is 12.2 Å². The van der Waals surface area contributed by atoms with Gasteiger partial charge in [0.25, 0.3) is 0 Å². The first kappa shape index (κ1) is 8.54. The van der Waals surface area contributed by atoms with E-state index in [0.717, 1.165) is 5.33 Å². The van der Waals surface area contributed by atoms with Crippen molar-refractivity contribution in [2.45, 2.75) is 44.8 Å². The Kier molecular flexibility index (Phi) is 3.71. The van der Waals surface area contributed by atoms with E-state index in [4.69, 9.17) is 4.74 Å². The van der Waals surface area contributed by atoms with Crippen LogP contribution < -0.4 is 0 Å². The number of hydrogen-bond donors (Lipinski definition) is 0. The van der Waals surface area contributed by atoms with Crippen molar-refractivity contribution in [2.75, 3.05) is 5.33 Å². The van der Waals surface area contributed by atoms with Gasteiger partial charge in [0.15, 0.2) is 0 Å². The van der Waals surface area contributed by atoms with E-state index in [0.29, 0.717) is 12.2 Å². The number of epoxide rings is 1. The van der Waals surface area contributed by atoms with Crippen molar-refractivity contribution < 1.29 is 4.74 Å². The maximum atomic E-state index is 5.37. The molecule has 1 saturated heterocycles. The molecular weight excluding hydrogens is 192 g/mol. The normalized spacial score (nSPS) is 30.6. The van der Waals surface area contributed by atoms with E-state index in [1.54, 1.807) is 0 Å². The van der Waals surface area contributed by atoms with Gasteiger partial charge >= 0.3 is 0 Å². The van der Waals surface area contributed by atoms with Gasteiger partial charge in [-0.15, -0.1) is 0 Å². The van der Waals surface area contributed by atoms with Crippen LogP contribution in [0, 0.1) is 0 Å². The van der Waals surface area contributed by atoms with E-state index in [9.17, 15) is 0 Å². The zero-order valence-corrected chi connectivity index (χ0v) is 8.06. The van der Waals surface area contributed by atoms with Gasteiger partial charge in [-0.2, -0.15) is 0 Å². The number of halogens is 1. The van der Waals surface area contributed by atoms with Crippen LogP contribution in [0.1, 0.15) is 32.6 Å². The third-order valence-electron chi connectivity index (χ3n) is 1.93. The van der Waals surface area contributed by atoms with Gasteiger partial charge in [-0.1, -0.05) is 42.1 Å². The Bertz CT molecular complexity index is 95.3. The molecule has 0 aromatic heterocycles. The Morgan fingerprint density at radius 3 is 2.60 bits per heavy atom. The molecule has 1 aliphatic rings. The highest BCUT2D eigenvalue weighted by Gasteiger charge is 2.36. The van der Waals surface area contributed by atoms with Crippen molar-refractivity contribution in [1.29, 1.82) is 0 Å². The quantitative estimate of drug-likeness (QED) is 0.383. The minimum Gasteiger partial charge on any atom is -0.369 e. The average Bonchev–Trinajstić information content (AvgIpc) is 2.68. The second kappa shape index (κ2) is 4.35. The van der Waals surface area contributed by atoms with Gasteiger partial charge in [0, 0.05) is 5.33 Å². The first-order chi connectivity index (χ1) is 4.88. The van der Waals surface area contributed by atoms with Crippen molar-refractivity contribution >= 4 is 15.9 Å². The Labute approximate surface area is 71.3 Å². The lowest BCUT2D eigenvalue weighted by Gasteiger charge is -1.92. The van der Waals surface area contributed by atoms with Crippen LogP contribution in [0.4, 0.5) is 0 Å². The fourth-order valence-corrected chi connectivity index (χ4v) is 1.73. The summed E-state index contributed by atoms with van der Waals surface area (Å²) in [5.41, 5.74) is 0. The summed E-state index contributed by atoms with van der Waals surface area (Å²) >= 11 is 3.40. The number of unbranched alkanes of at least 4 members (excludes halogenated alkanes) is 2. The molecule has 0 spiro atoms. The van der Waals surface area contributed by atoms with E-state index < -0.39 is 0 Å². The molecule has 10 heavy (non-hydrogen) atoms. The highest BCUT2D eigenvalue weighted by Crippen LogP contribution is 2.28. The molecule has 0 N–H and O–H groups in total. The molecule has 0 unspecified atom stereocenters. The lowest BCUT2D eigenvalue weighted by Crippen LogP contribution is -1.94. The van der Waals surface area contributed by atoms with Gasteiger partial charge in [-0.05, 0) is 6.42 Å². The van der Waals surface area contributed by atoms with Crippen molar-refractivity contribution in [2.24, 2.45) is 0 Å². The monoisotopic (exact) mass is 206 g/mol. The van der Waals surface area contributed by atoms with Crippen molar-refractivity contribution in [1.82, 2.24) is 0 Å². The Morgan fingerprint density at radius 2 is 2.10 bits per heavy atom. The summed E-state index contributed by atoms with van der Waals surface area (Å²) in [4.78, 5) is 0. The van der Waals surface area contributed by atoms with E-state index in [1.807, 2.05) is 0 Å². The minimum atomic E-state index is 0.539. The Balaban J connectivity index is 1.87. The third-order valence-corrected chi connectivity index (χ3v) is 2.57. The van der Waals surface area contributed by atoms with Crippen molar-refractivity contribution in [3.63, 3.8) is 0 Å². The number of hydrogen-bond acceptors (Lipinski definition) is 1. The molecule has 1 rings (SSSR count). The second-order valence-electron chi connectivity index (χ2n) is 2.86. The van der Waals surface area contributed by atoms with Crippen LogP contribution in [0.25, 0.3) is 0 Å². The second-order valence-corrected chi connectivity index (χ2v) is 3.51. The standard InChI is InChI=1S/C8H15BrO/c1-2-3-4-5-7-8(6-9)10-7/h7-8H,2-6H2,1H3/t7-,8-/m1/s1. The minimum absolute atomic E-state index is 0.539. The Morgan fingerprint density at radius 1 is 1.30 bits per heavy atom. The van der Waals surface area contributed by atoms with Crippen molar-refractivity contribution in [3.8, 4) is 0 Å². The first-order valence-corrected chi connectivity index (χ1v) is 5.22. The fourth-order valence-electron chi connectivity index (χ4n) is 1.16. The molecule has 2 atom stereocenters. The smallest absolute Gasteiger partial charge is 0.0938 e. The predicted octanol–water partition coefficient (Wildman–Crippen LogP) is 2.73. The van der Waals surface area contributed by atoms with Crippen LogP contribution in [0.3, 0.4) is 0 Å². The first-order valence-electron chi connectivity index (χ1n) is 4.10. The summed E-state index contributed by atoms with van der Waals surface area (Å²) in [6.45, 7) is 2.23. The summed E-state index contributed by atoms with van der Waals surface area (Å²) < 4.78 is 5.37. The molecule has 0 aliphatic carbocycles. The molecule has 1 aliphatic heterocycles. The van der Waals surface area contributed by atoms with Gasteiger partial charge in [-0.3, -0.25) is 0 Å². The zero-order valence-electron chi connectivity index (χ0n) is 6.48. The van der Waals surface area contributed by atoms with E-state index in [-0.39, 0.29) is 0 Å². The predicted molar refractivity (Wildman–Crippen MR) is 46.6 cm³/mol. The average molecular weight is 207 g/mol. The summed E-state index contributed by atoms with van der Waals surface area (Å²) in [6, 6.07) is 0. The topological polar surface area (TPSA) is 12.5 Å². The number of alkyl halides is 1. The lowest BCUT2D eigenvalue weighted by atomic mass is 10.1. The van der Waals surface area contributed by atoms with Gasteiger partial charge in [0.1, 0.15) is 0 Å². The molecule has 1 fully saturated rings. The lowest BCUT2D eigenvalue weighted by molar-refractivity contribution is 0.367. The highest BCUT2D eigenvalue weighted by atomic mass is 79.9. The largest absolute Gasteiger partial charge is 0.369 e. The molecule has 0 aromatic rings. The maximum absolute atomic E-state index is 5.37. The molecule has 2 heteroatoms. The summed E-state index contributed by atoms with van der Waals surface area (Å²) in [5.74, 6) is 0. The molecule has 0 radical (unpaired) electrons. The van der Waals surface area contributed by atoms with E-state index >= 15 is 0 Å². The van der Waals surface area contributed by atoms with Gasteiger partial charge < -0.3 is 4.74 Å². The van der Waals surface area contributed by atoms with E-state index in [2.05, 4.69) is 22.9 Å². The van der Waals surface area contributed by atoms with Gasteiger partial charge in [0.2, 0.25) is 0 Å². The molecule has 0 bridgehead atoms. The summed E-state index contributed by atoms with van der Waals surface area (Å²) in [7, 11) is 0. The maximum Gasteiger partial charge on any atom is 0.0938 e. The van der Waals surface area contributed by atoms with Crippen LogP contribution in [-0.4, -0.2) is 17.5 Å². The highest BCUT2D eigenvalue weighted by molar-refractivity contribution is 9.09. The molecule has 0 aromatic carbocycles. The third kappa shape index (κ3) is 2.59. The van der Waals surface area contributed by atoms with Crippen LogP contribution in [0.5, 0.6) is 0 Å². The number of ether oxygens (including phenoxy) is 1. The fraction of sp³-hybridized carbons (Fsp3) is 1.00. The summed E-state index contributed by atoms with van der Waals surface area (Å²) in [5, 5.41) is 1.02. The van der Waals surface area contributed by atoms with Crippen LogP contribution in [-0.2, 0) is 4.74 Å². The molecule has 60 valence electrons. The van der Waals surface area contributed by atoms with Crippen molar-refractivity contribution in [3.05, 3.63) is 0 Å². The van der Waals surface area contributed by atoms with Crippen LogP contribution in [0.2, 0.25) is 0 Å². The molecule has 1 heterocycles. The SMILES string of the molecule is CCCCC[C@H]1O[C@@H]1CBr.